The van der Waals surface area contributed by atoms with Gasteiger partial charge in [0.15, 0.2) is 0 Å². The highest BCUT2D eigenvalue weighted by Crippen LogP contribution is 2.41. The summed E-state index contributed by atoms with van der Waals surface area (Å²) >= 11 is 0. The summed E-state index contributed by atoms with van der Waals surface area (Å²) in [6, 6.07) is 3.09. The van der Waals surface area contributed by atoms with Crippen LogP contribution in [0.3, 0.4) is 0 Å². The molecule has 0 saturated heterocycles. The van der Waals surface area contributed by atoms with Gasteiger partial charge in [-0.1, -0.05) is 6.08 Å². The Morgan fingerprint density at radius 2 is 2.12 bits per heavy atom. The molecule has 0 fully saturated rings. The van der Waals surface area contributed by atoms with Gasteiger partial charge in [0, 0.05) is 5.56 Å². The molecule has 0 unspecified atom stereocenters. The molecule has 0 amide bonds. The molecule has 17 heavy (non-hydrogen) atoms. The van der Waals surface area contributed by atoms with E-state index in [1.54, 1.807) is 6.07 Å². The van der Waals surface area contributed by atoms with Gasteiger partial charge in [-0.3, -0.25) is 10.1 Å². The lowest BCUT2D eigenvalue weighted by molar-refractivity contribution is -0.386. The van der Waals surface area contributed by atoms with E-state index in [2.05, 4.69) is 0 Å². The van der Waals surface area contributed by atoms with Crippen LogP contribution in [0.15, 0.2) is 18.2 Å². The van der Waals surface area contributed by atoms with Gasteiger partial charge in [-0.15, -0.1) is 0 Å². The van der Waals surface area contributed by atoms with Crippen LogP contribution in [-0.4, -0.2) is 17.6 Å². The first-order chi connectivity index (χ1) is 7.93. The SMILES string of the molecule is COc1cc2c(c([N+](=O)[O-])c1)OC(C)(C)C=C2. The fourth-order valence-electron chi connectivity index (χ4n) is 1.68. The highest BCUT2D eigenvalue weighted by atomic mass is 16.6. The van der Waals surface area contributed by atoms with Crippen molar-refractivity contribution in [2.45, 2.75) is 19.4 Å². The summed E-state index contributed by atoms with van der Waals surface area (Å²) in [7, 11) is 1.47. The van der Waals surface area contributed by atoms with E-state index in [-0.39, 0.29) is 5.69 Å². The Morgan fingerprint density at radius 3 is 2.71 bits per heavy atom. The molecule has 0 bridgehead atoms. The maximum absolute atomic E-state index is 11.0. The first-order valence-corrected chi connectivity index (χ1v) is 5.17. The molecule has 1 aromatic carbocycles. The van der Waals surface area contributed by atoms with Crippen molar-refractivity contribution >= 4 is 11.8 Å². The van der Waals surface area contributed by atoms with Crippen LogP contribution in [0.4, 0.5) is 5.69 Å². The number of benzene rings is 1. The topological polar surface area (TPSA) is 61.6 Å². The Hall–Kier alpha value is -2.04. The van der Waals surface area contributed by atoms with Gasteiger partial charge < -0.3 is 9.47 Å². The number of nitro benzene ring substituents is 1. The van der Waals surface area contributed by atoms with Crippen LogP contribution in [0, 0.1) is 10.1 Å². The second-order valence-corrected chi connectivity index (χ2v) is 4.36. The Balaban J connectivity index is 2.62. The first kappa shape index (κ1) is 11.4. The van der Waals surface area contributed by atoms with E-state index in [0.717, 1.165) is 0 Å². The number of methoxy groups -OCH3 is 1. The average molecular weight is 235 g/mol. The van der Waals surface area contributed by atoms with Crippen LogP contribution >= 0.6 is 0 Å². The van der Waals surface area contributed by atoms with Crippen LogP contribution in [0.25, 0.3) is 6.08 Å². The molecule has 1 aliphatic rings. The maximum atomic E-state index is 11.0. The van der Waals surface area contributed by atoms with E-state index < -0.39 is 10.5 Å². The number of ether oxygens (including phenoxy) is 2. The predicted molar refractivity (Wildman–Crippen MR) is 63.4 cm³/mol. The maximum Gasteiger partial charge on any atom is 0.315 e. The summed E-state index contributed by atoms with van der Waals surface area (Å²) in [5.74, 6) is 0.742. The number of nitrogens with zero attached hydrogens (tertiary/aromatic N) is 1. The van der Waals surface area contributed by atoms with Crippen LogP contribution < -0.4 is 9.47 Å². The van der Waals surface area contributed by atoms with Crippen molar-refractivity contribution in [3.63, 3.8) is 0 Å². The Labute approximate surface area is 98.8 Å². The molecule has 0 atom stereocenters. The van der Waals surface area contributed by atoms with Crippen molar-refractivity contribution in [1.29, 1.82) is 0 Å². The van der Waals surface area contributed by atoms with Gasteiger partial charge in [-0.2, -0.15) is 0 Å². The van der Waals surface area contributed by atoms with E-state index in [1.165, 1.54) is 13.2 Å². The van der Waals surface area contributed by atoms with Gasteiger partial charge in [0.2, 0.25) is 5.75 Å². The van der Waals surface area contributed by atoms with Crippen molar-refractivity contribution in [3.8, 4) is 11.5 Å². The zero-order chi connectivity index (χ0) is 12.6. The molecule has 90 valence electrons. The monoisotopic (exact) mass is 235 g/mol. The van der Waals surface area contributed by atoms with E-state index in [1.807, 2.05) is 26.0 Å². The molecular weight excluding hydrogens is 222 g/mol. The minimum Gasteiger partial charge on any atom is -0.496 e. The molecule has 0 aromatic heterocycles. The molecule has 0 N–H and O–H groups in total. The summed E-state index contributed by atoms with van der Waals surface area (Å²) in [5, 5.41) is 11.0. The van der Waals surface area contributed by atoms with Crippen LogP contribution in [0.1, 0.15) is 19.4 Å². The molecular formula is C12H13NO4. The third-order valence-electron chi connectivity index (χ3n) is 2.53. The van der Waals surface area contributed by atoms with Crippen LogP contribution in [-0.2, 0) is 0 Å². The zero-order valence-corrected chi connectivity index (χ0v) is 9.89. The lowest BCUT2D eigenvalue weighted by Gasteiger charge is -2.27. The molecule has 1 heterocycles. The van der Waals surface area contributed by atoms with Gasteiger partial charge in [0.05, 0.1) is 18.1 Å². The van der Waals surface area contributed by atoms with Crippen molar-refractivity contribution in [2.24, 2.45) is 0 Å². The fourth-order valence-corrected chi connectivity index (χ4v) is 1.68. The van der Waals surface area contributed by atoms with Gasteiger partial charge in [0.1, 0.15) is 11.4 Å². The van der Waals surface area contributed by atoms with Crippen LogP contribution in [0.5, 0.6) is 11.5 Å². The second-order valence-electron chi connectivity index (χ2n) is 4.36. The molecule has 2 rings (SSSR count). The third-order valence-corrected chi connectivity index (χ3v) is 2.53. The molecule has 1 aromatic rings. The molecule has 0 radical (unpaired) electrons. The zero-order valence-electron chi connectivity index (χ0n) is 9.89. The van der Waals surface area contributed by atoms with Crippen molar-refractivity contribution in [2.75, 3.05) is 7.11 Å². The highest BCUT2D eigenvalue weighted by molar-refractivity contribution is 5.70. The van der Waals surface area contributed by atoms with E-state index in [4.69, 9.17) is 9.47 Å². The van der Waals surface area contributed by atoms with Gasteiger partial charge in [-0.25, -0.2) is 0 Å². The molecule has 0 saturated carbocycles. The summed E-state index contributed by atoms with van der Waals surface area (Å²) in [5.41, 5.74) is 0.0546. The Bertz CT molecular complexity index is 505. The predicted octanol–water partition coefficient (Wildman–Crippen LogP) is 2.79. The second kappa shape index (κ2) is 3.76. The van der Waals surface area contributed by atoms with Gasteiger partial charge in [0.25, 0.3) is 0 Å². The van der Waals surface area contributed by atoms with Gasteiger partial charge >= 0.3 is 5.69 Å². The summed E-state index contributed by atoms with van der Waals surface area (Å²) in [4.78, 5) is 10.5. The minimum atomic E-state index is -0.535. The standard InChI is InChI=1S/C12H13NO4/c1-12(2)5-4-8-6-9(16-3)7-10(13(14)15)11(8)17-12/h4-7H,1-3H3. The van der Waals surface area contributed by atoms with E-state index in [9.17, 15) is 10.1 Å². The van der Waals surface area contributed by atoms with Gasteiger partial charge in [-0.05, 0) is 26.0 Å². The van der Waals surface area contributed by atoms with Crippen molar-refractivity contribution in [3.05, 3.63) is 33.9 Å². The van der Waals surface area contributed by atoms with E-state index >= 15 is 0 Å². The Morgan fingerprint density at radius 1 is 1.41 bits per heavy atom. The number of fused-ring (bicyclic) bond motifs is 1. The number of hydrogen-bond donors (Lipinski definition) is 0. The first-order valence-electron chi connectivity index (χ1n) is 5.17. The largest absolute Gasteiger partial charge is 0.496 e. The Kier molecular flexibility index (Phi) is 2.53. The average Bonchev–Trinajstić information content (AvgIpc) is 2.26. The fraction of sp³-hybridized carbons (Fsp3) is 0.333. The summed E-state index contributed by atoms with van der Waals surface area (Å²) in [6.07, 6.45) is 3.67. The summed E-state index contributed by atoms with van der Waals surface area (Å²) < 4.78 is 10.7. The number of rotatable bonds is 2. The summed E-state index contributed by atoms with van der Waals surface area (Å²) in [6.45, 7) is 3.70. The molecule has 0 spiro atoms. The third kappa shape index (κ3) is 2.08. The minimum absolute atomic E-state index is 0.0724. The van der Waals surface area contributed by atoms with Crippen molar-refractivity contribution in [1.82, 2.24) is 0 Å². The van der Waals surface area contributed by atoms with Crippen LogP contribution in [0.2, 0.25) is 0 Å². The molecule has 5 nitrogen and oxygen atoms in total. The van der Waals surface area contributed by atoms with Crippen molar-refractivity contribution < 1.29 is 14.4 Å². The lowest BCUT2D eigenvalue weighted by atomic mass is 10.0. The normalized spacial score (nSPS) is 15.9. The number of hydrogen-bond acceptors (Lipinski definition) is 4. The number of nitro groups is 1. The molecule has 1 aliphatic heterocycles. The highest BCUT2D eigenvalue weighted by Gasteiger charge is 2.29. The molecule has 0 aliphatic carbocycles. The molecule has 5 heteroatoms. The smallest absolute Gasteiger partial charge is 0.315 e. The quantitative estimate of drug-likeness (QED) is 0.584. The lowest BCUT2D eigenvalue weighted by Crippen LogP contribution is -2.27. The van der Waals surface area contributed by atoms with E-state index in [0.29, 0.717) is 17.1 Å².